The molecule has 0 aliphatic heterocycles. The van der Waals surface area contributed by atoms with Gasteiger partial charge in [0.15, 0.2) is 0 Å². The van der Waals surface area contributed by atoms with Gasteiger partial charge in [0, 0.05) is 16.8 Å². The van der Waals surface area contributed by atoms with Crippen molar-refractivity contribution in [1.82, 2.24) is 4.98 Å². The molecule has 0 spiro atoms. The SMILES string of the molecule is Nc1ccc2nc(/C=C/c3ccc([N+](=O)[O-])o3)cc(N)c2c1. The lowest BCUT2D eigenvalue weighted by atomic mass is 10.1. The van der Waals surface area contributed by atoms with E-state index in [-0.39, 0.29) is 5.88 Å². The van der Waals surface area contributed by atoms with Crippen LogP contribution in [0.15, 0.2) is 40.8 Å². The molecule has 0 radical (unpaired) electrons. The first-order valence-corrected chi connectivity index (χ1v) is 6.41. The predicted molar refractivity (Wildman–Crippen MR) is 84.9 cm³/mol. The van der Waals surface area contributed by atoms with Gasteiger partial charge in [0.05, 0.1) is 17.3 Å². The highest BCUT2D eigenvalue weighted by Gasteiger charge is 2.10. The largest absolute Gasteiger partial charge is 0.433 e. The van der Waals surface area contributed by atoms with E-state index < -0.39 is 4.92 Å². The molecule has 0 amide bonds. The summed E-state index contributed by atoms with van der Waals surface area (Å²) in [7, 11) is 0. The lowest BCUT2D eigenvalue weighted by Crippen LogP contribution is -1.93. The summed E-state index contributed by atoms with van der Waals surface area (Å²) in [6.45, 7) is 0. The van der Waals surface area contributed by atoms with Crippen molar-refractivity contribution in [2.75, 3.05) is 11.5 Å². The van der Waals surface area contributed by atoms with Crippen molar-refractivity contribution in [3.63, 3.8) is 0 Å². The summed E-state index contributed by atoms with van der Waals surface area (Å²) in [4.78, 5) is 14.4. The van der Waals surface area contributed by atoms with E-state index in [0.29, 0.717) is 22.8 Å². The summed E-state index contributed by atoms with van der Waals surface area (Å²) in [5.41, 5.74) is 14.2. The van der Waals surface area contributed by atoms with Gasteiger partial charge >= 0.3 is 5.88 Å². The maximum Gasteiger partial charge on any atom is 0.433 e. The second-order valence-electron chi connectivity index (χ2n) is 4.68. The maximum absolute atomic E-state index is 10.6. The third-order valence-corrected chi connectivity index (χ3v) is 3.10. The molecule has 0 fully saturated rings. The zero-order chi connectivity index (χ0) is 15.7. The van der Waals surface area contributed by atoms with Gasteiger partial charge < -0.3 is 15.9 Å². The predicted octanol–water partition coefficient (Wildman–Crippen LogP) is 3.07. The van der Waals surface area contributed by atoms with Gasteiger partial charge in [-0.3, -0.25) is 10.1 Å². The molecule has 0 aliphatic rings. The first kappa shape index (κ1) is 13.6. The van der Waals surface area contributed by atoms with Crippen molar-refractivity contribution in [2.24, 2.45) is 0 Å². The van der Waals surface area contributed by atoms with Crippen LogP contribution in [0.2, 0.25) is 0 Å². The van der Waals surface area contributed by atoms with Gasteiger partial charge in [-0.15, -0.1) is 0 Å². The summed E-state index contributed by atoms with van der Waals surface area (Å²) in [6.07, 6.45) is 3.27. The molecule has 0 saturated heterocycles. The third-order valence-electron chi connectivity index (χ3n) is 3.10. The summed E-state index contributed by atoms with van der Waals surface area (Å²) in [6, 6.07) is 9.81. The molecule has 22 heavy (non-hydrogen) atoms. The molecule has 4 N–H and O–H groups in total. The number of pyridine rings is 1. The van der Waals surface area contributed by atoms with Gasteiger partial charge in [-0.1, -0.05) is 0 Å². The topological polar surface area (TPSA) is 121 Å². The van der Waals surface area contributed by atoms with Gasteiger partial charge in [-0.25, -0.2) is 4.98 Å². The highest BCUT2D eigenvalue weighted by atomic mass is 16.6. The summed E-state index contributed by atoms with van der Waals surface area (Å²) in [5, 5.41) is 11.3. The van der Waals surface area contributed by atoms with Crippen LogP contribution in [0.25, 0.3) is 23.1 Å². The Bertz CT molecular complexity index is 899. The molecule has 0 unspecified atom stereocenters. The van der Waals surface area contributed by atoms with E-state index in [2.05, 4.69) is 4.98 Å². The summed E-state index contributed by atoms with van der Waals surface area (Å²) >= 11 is 0. The number of nitrogens with zero attached hydrogens (tertiary/aromatic N) is 2. The molecule has 7 nitrogen and oxygen atoms in total. The van der Waals surface area contributed by atoms with E-state index >= 15 is 0 Å². The Morgan fingerprint density at radius 1 is 1.14 bits per heavy atom. The molecule has 7 heteroatoms. The van der Waals surface area contributed by atoms with Crippen LogP contribution in [0.4, 0.5) is 17.3 Å². The van der Waals surface area contributed by atoms with E-state index in [1.54, 1.807) is 36.4 Å². The normalized spacial score (nSPS) is 11.3. The Morgan fingerprint density at radius 2 is 1.95 bits per heavy atom. The number of nitro groups is 1. The van der Waals surface area contributed by atoms with Crippen molar-refractivity contribution >= 4 is 40.3 Å². The zero-order valence-corrected chi connectivity index (χ0v) is 11.4. The molecule has 3 aromatic rings. The minimum Gasteiger partial charge on any atom is -0.401 e. The molecule has 0 bridgehead atoms. The highest BCUT2D eigenvalue weighted by molar-refractivity contribution is 5.93. The average Bonchev–Trinajstić information content (AvgIpc) is 2.95. The zero-order valence-electron chi connectivity index (χ0n) is 11.4. The molecule has 0 saturated carbocycles. The van der Waals surface area contributed by atoms with Gasteiger partial charge in [-0.05, 0) is 42.5 Å². The number of hydrogen-bond acceptors (Lipinski definition) is 6. The number of fused-ring (bicyclic) bond motifs is 1. The lowest BCUT2D eigenvalue weighted by molar-refractivity contribution is -0.402. The standard InChI is InChI=1S/C15H12N4O3/c16-9-1-5-14-12(7-9)13(17)8-10(18-14)2-3-11-4-6-15(22-11)19(20)21/h1-8H,16H2,(H2,17,18)/b3-2+. The van der Waals surface area contributed by atoms with E-state index in [0.717, 1.165) is 10.9 Å². The van der Waals surface area contributed by atoms with E-state index in [1.165, 1.54) is 12.1 Å². The van der Waals surface area contributed by atoms with Gasteiger partial charge in [0.1, 0.15) is 10.7 Å². The monoisotopic (exact) mass is 296 g/mol. The number of benzene rings is 1. The van der Waals surface area contributed by atoms with Gasteiger partial charge in [0.2, 0.25) is 0 Å². The van der Waals surface area contributed by atoms with E-state index in [1.807, 2.05) is 0 Å². The third kappa shape index (κ3) is 2.59. The van der Waals surface area contributed by atoms with Crippen LogP contribution in [0.3, 0.4) is 0 Å². The van der Waals surface area contributed by atoms with Crippen LogP contribution < -0.4 is 11.5 Å². The lowest BCUT2D eigenvalue weighted by Gasteiger charge is -2.04. The number of nitrogens with two attached hydrogens (primary N) is 2. The van der Waals surface area contributed by atoms with Gasteiger partial charge in [0.25, 0.3) is 0 Å². The molecule has 110 valence electrons. The fraction of sp³-hybridized carbons (Fsp3) is 0. The number of nitrogen functional groups attached to an aromatic ring is 2. The minimum atomic E-state index is -0.589. The van der Waals surface area contributed by atoms with Crippen molar-refractivity contribution in [2.45, 2.75) is 0 Å². The first-order valence-electron chi connectivity index (χ1n) is 6.41. The molecule has 0 aliphatic carbocycles. The Hall–Kier alpha value is -3.35. The van der Waals surface area contributed by atoms with Crippen LogP contribution in [0, 0.1) is 10.1 Å². The number of rotatable bonds is 3. The Morgan fingerprint density at radius 3 is 2.68 bits per heavy atom. The average molecular weight is 296 g/mol. The molecule has 2 aromatic heterocycles. The second kappa shape index (κ2) is 5.21. The van der Waals surface area contributed by atoms with Gasteiger partial charge in [-0.2, -0.15) is 0 Å². The number of anilines is 2. The molecule has 3 rings (SSSR count). The van der Waals surface area contributed by atoms with Crippen LogP contribution in [-0.4, -0.2) is 9.91 Å². The van der Waals surface area contributed by atoms with Crippen molar-refractivity contribution in [3.8, 4) is 0 Å². The first-order chi connectivity index (χ1) is 10.5. The van der Waals surface area contributed by atoms with Crippen LogP contribution in [0.5, 0.6) is 0 Å². The highest BCUT2D eigenvalue weighted by Crippen LogP contribution is 2.24. The van der Waals surface area contributed by atoms with Crippen LogP contribution in [-0.2, 0) is 0 Å². The molecular weight excluding hydrogens is 284 g/mol. The quantitative estimate of drug-likeness (QED) is 0.435. The van der Waals surface area contributed by atoms with Crippen LogP contribution in [0.1, 0.15) is 11.5 Å². The summed E-state index contributed by atoms with van der Waals surface area (Å²) < 4.78 is 5.04. The van der Waals surface area contributed by atoms with E-state index in [9.17, 15) is 10.1 Å². The Kier molecular flexibility index (Phi) is 3.23. The summed E-state index contributed by atoms with van der Waals surface area (Å²) in [5.74, 6) is 0.0607. The number of furan rings is 1. The fourth-order valence-corrected chi connectivity index (χ4v) is 2.07. The number of hydrogen-bond donors (Lipinski definition) is 2. The molecule has 1 aromatic carbocycles. The molecule has 2 heterocycles. The minimum absolute atomic E-state index is 0.305. The van der Waals surface area contributed by atoms with Crippen molar-refractivity contribution in [3.05, 3.63) is 58.0 Å². The fourth-order valence-electron chi connectivity index (χ4n) is 2.07. The Labute approximate surface area is 125 Å². The van der Waals surface area contributed by atoms with Crippen LogP contribution >= 0.6 is 0 Å². The smallest absolute Gasteiger partial charge is 0.401 e. The van der Waals surface area contributed by atoms with Crippen molar-refractivity contribution in [1.29, 1.82) is 0 Å². The van der Waals surface area contributed by atoms with Crippen molar-refractivity contribution < 1.29 is 9.34 Å². The maximum atomic E-state index is 10.6. The number of aromatic nitrogens is 1. The Balaban J connectivity index is 1.94. The molecule has 0 atom stereocenters. The second-order valence-corrected chi connectivity index (χ2v) is 4.68. The van der Waals surface area contributed by atoms with E-state index in [4.69, 9.17) is 15.9 Å². The molecular formula is C15H12N4O3.